The summed E-state index contributed by atoms with van der Waals surface area (Å²) in [6, 6.07) is -1.90. The van der Waals surface area contributed by atoms with E-state index in [9.17, 15) is 14.4 Å². The van der Waals surface area contributed by atoms with Crippen LogP contribution in [0.2, 0.25) is 0 Å². The standard InChI is InChI=1S/C13H23N3O5/c1-15(2)8-9-3-5-16(6-4-9)13(21)14-10(12(19)20)7-11(17)18/h9-10H,3-8H2,1-2H3,(H,14,21)(H,17,18)(H,19,20)/t10-/m1/s1. The second-order valence-corrected chi connectivity index (χ2v) is 5.63. The summed E-state index contributed by atoms with van der Waals surface area (Å²) in [4.78, 5) is 37.1. The first-order chi connectivity index (χ1) is 9.79. The molecule has 0 aromatic carbocycles. The zero-order chi connectivity index (χ0) is 16.0. The summed E-state index contributed by atoms with van der Waals surface area (Å²) in [5.74, 6) is -2.07. The molecule has 21 heavy (non-hydrogen) atoms. The van der Waals surface area contributed by atoms with Gasteiger partial charge < -0.3 is 25.3 Å². The molecule has 0 saturated carbocycles. The van der Waals surface area contributed by atoms with Crippen molar-refractivity contribution in [3.8, 4) is 0 Å². The minimum absolute atomic E-state index is 0.507. The van der Waals surface area contributed by atoms with E-state index in [1.165, 1.54) is 0 Å². The van der Waals surface area contributed by atoms with Gasteiger partial charge in [0.05, 0.1) is 6.42 Å². The first kappa shape index (κ1) is 17.2. The molecule has 0 radical (unpaired) electrons. The van der Waals surface area contributed by atoms with Crippen LogP contribution >= 0.6 is 0 Å². The zero-order valence-electron chi connectivity index (χ0n) is 12.4. The molecule has 0 unspecified atom stereocenters. The van der Waals surface area contributed by atoms with E-state index >= 15 is 0 Å². The van der Waals surface area contributed by atoms with Gasteiger partial charge in [0.15, 0.2) is 0 Å². The van der Waals surface area contributed by atoms with Gasteiger partial charge in [0.25, 0.3) is 0 Å². The quantitative estimate of drug-likeness (QED) is 0.632. The molecule has 0 aliphatic carbocycles. The smallest absolute Gasteiger partial charge is 0.326 e. The summed E-state index contributed by atoms with van der Waals surface area (Å²) in [6.45, 7) is 2.08. The van der Waals surface area contributed by atoms with Crippen molar-refractivity contribution < 1.29 is 24.6 Å². The Bertz CT molecular complexity index is 391. The Labute approximate surface area is 123 Å². The van der Waals surface area contributed by atoms with Crippen LogP contribution in [0.15, 0.2) is 0 Å². The van der Waals surface area contributed by atoms with Crippen molar-refractivity contribution in [2.24, 2.45) is 5.92 Å². The van der Waals surface area contributed by atoms with Crippen molar-refractivity contribution in [3.05, 3.63) is 0 Å². The second-order valence-electron chi connectivity index (χ2n) is 5.63. The fourth-order valence-electron chi connectivity index (χ4n) is 2.45. The van der Waals surface area contributed by atoms with E-state index in [0.29, 0.717) is 19.0 Å². The molecule has 1 fully saturated rings. The van der Waals surface area contributed by atoms with Crippen LogP contribution in [0, 0.1) is 5.92 Å². The molecule has 1 rings (SSSR count). The molecule has 8 heteroatoms. The molecule has 8 nitrogen and oxygen atoms in total. The van der Waals surface area contributed by atoms with Crippen LogP contribution in [0.25, 0.3) is 0 Å². The lowest BCUT2D eigenvalue weighted by atomic mass is 9.96. The van der Waals surface area contributed by atoms with Gasteiger partial charge in [-0.2, -0.15) is 0 Å². The zero-order valence-corrected chi connectivity index (χ0v) is 12.4. The molecule has 1 atom stereocenters. The van der Waals surface area contributed by atoms with Gasteiger partial charge in [0, 0.05) is 19.6 Å². The molecule has 1 heterocycles. The molecular formula is C13H23N3O5. The van der Waals surface area contributed by atoms with Crippen molar-refractivity contribution in [1.29, 1.82) is 0 Å². The van der Waals surface area contributed by atoms with E-state index in [0.717, 1.165) is 19.4 Å². The monoisotopic (exact) mass is 301 g/mol. The number of aliphatic carboxylic acids is 2. The van der Waals surface area contributed by atoms with Crippen LogP contribution in [0.5, 0.6) is 0 Å². The van der Waals surface area contributed by atoms with Gasteiger partial charge in [-0.05, 0) is 32.9 Å². The van der Waals surface area contributed by atoms with E-state index in [-0.39, 0.29) is 0 Å². The SMILES string of the molecule is CN(C)CC1CCN(C(=O)N[C@H](CC(=O)O)C(=O)O)CC1. The average molecular weight is 301 g/mol. The number of hydrogen-bond acceptors (Lipinski definition) is 4. The topological polar surface area (TPSA) is 110 Å². The molecule has 0 aromatic heterocycles. The van der Waals surface area contributed by atoms with Gasteiger partial charge in [-0.15, -0.1) is 0 Å². The number of urea groups is 1. The molecular weight excluding hydrogens is 278 g/mol. The molecule has 1 aliphatic rings. The van der Waals surface area contributed by atoms with E-state index in [1.54, 1.807) is 4.90 Å². The summed E-state index contributed by atoms with van der Waals surface area (Å²) in [5, 5.41) is 19.8. The van der Waals surface area contributed by atoms with Gasteiger partial charge in [-0.3, -0.25) is 4.79 Å². The van der Waals surface area contributed by atoms with Crippen LogP contribution in [-0.4, -0.2) is 77.8 Å². The van der Waals surface area contributed by atoms with Crippen LogP contribution in [0.1, 0.15) is 19.3 Å². The predicted octanol–water partition coefficient (Wildman–Crippen LogP) is -0.102. The number of piperidine rings is 1. The van der Waals surface area contributed by atoms with E-state index < -0.39 is 30.4 Å². The maximum Gasteiger partial charge on any atom is 0.326 e. The number of carbonyl (C=O) groups is 3. The lowest BCUT2D eigenvalue weighted by Crippen LogP contribution is -2.51. The van der Waals surface area contributed by atoms with Crippen LogP contribution in [0.4, 0.5) is 4.79 Å². The van der Waals surface area contributed by atoms with E-state index in [2.05, 4.69) is 10.2 Å². The Morgan fingerprint density at radius 1 is 1.24 bits per heavy atom. The number of amides is 2. The molecule has 0 aromatic rings. The molecule has 120 valence electrons. The van der Waals surface area contributed by atoms with E-state index in [1.807, 2.05) is 14.1 Å². The Morgan fingerprint density at radius 3 is 2.24 bits per heavy atom. The van der Waals surface area contributed by atoms with Crippen LogP contribution in [0.3, 0.4) is 0 Å². The van der Waals surface area contributed by atoms with Gasteiger partial charge in [-0.1, -0.05) is 0 Å². The first-order valence-corrected chi connectivity index (χ1v) is 6.94. The highest BCUT2D eigenvalue weighted by atomic mass is 16.4. The van der Waals surface area contributed by atoms with Crippen molar-refractivity contribution in [1.82, 2.24) is 15.1 Å². The number of carboxylic acids is 2. The normalized spacial score (nSPS) is 17.6. The van der Waals surface area contributed by atoms with E-state index in [4.69, 9.17) is 10.2 Å². The predicted molar refractivity (Wildman–Crippen MR) is 75.1 cm³/mol. The molecule has 1 aliphatic heterocycles. The minimum Gasteiger partial charge on any atom is -0.481 e. The van der Waals surface area contributed by atoms with Gasteiger partial charge in [-0.25, -0.2) is 9.59 Å². The largest absolute Gasteiger partial charge is 0.481 e. The lowest BCUT2D eigenvalue weighted by molar-refractivity contribution is -0.145. The number of carboxylic acid groups (broad SMARTS) is 2. The Hall–Kier alpha value is -1.83. The number of hydrogen-bond donors (Lipinski definition) is 3. The fourth-order valence-corrected chi connectivity index (χ4v) is 2.45. The lowest BCUT2D eigenvalue weighted by Gasteiger charge is -2.33. The third-order valence-corrected chi connectivity index (χ3v) is 3.50. The van der Waals surface area contributed by atoms with Crippen LogP contribution < -0.4 is 5.32 Å². The van der Waals surface area contributed by atoms with Crippen molar-refractivity contribution in [2.45, 2.75) is 25.3 Å². The first-order valence-electron chi connectivity index (χ1n) is 6.94. The highest BCUT2D eigenvalue weighted by Crippen LogP contribution is 2.17. The van der Waals surface area contributed by atoms with Gasteiger partial charge in [0.1, 0.15) is 6.04 Å². The Balaban J connectivity index is 2.45. The summed E-state index contributed by atoms with van der Waals surface area (Å²) >= 11 is 0. The number of nitrogens with one attached hydrogen (secondary N) is 1. The Morgan fingerprint density at radius 2 is 1.81 bits per heavy atom. The summed E-state index contributed by atoms with van der Waals surface area (Å²) in [6.07, 6.45) is 1.10. The van der Waals surface area contributed by atoms with Crippen molar-refractivity contribution in [3.63, 3.8) is 0 Å². The third kappa shape index (κ3) is 5.99. The summed E-state index contributed by atoms with van der Waals surface area (Å²) in [7, 11) is 4.00. The molecule has 1 saturated heterocycles. The highest BCUT2D eigenvalue weighted by molar-refractivity contribution is 5.86. The maximum atomic E-state index is 12.0. The molecule has 0 bridgehead atoms. The van der Waals surface area contributed by atoms with Gasteiger partial charge in [0.2, 0.25) is 0 Å². The Kier molecular flexibility index (Phi) is 6.41. The minimum atomic E-state index is -1.39. The number of nitrogens with zero attached hydrogens (tertiary/aromatic N) is 2. The molecule has 3 N–H and O–H groups in total. The van der Waals surface area contributed by atoms with Crippen molar-refractivity contribution in [2.75, 3.05) is 33.7 Å². The second kappa shape index (κ2) is 7.82. The number of rotatable bonds is 6. The molecule has 2 amide bonds. The number of likely N-dealkylation sites (tertiary alicyclic amines) is 1. The van der Waals surface area contributed by atoms with Crippen LogP contribution in [-0.2, 0) is 9.59 Å². The average Bonchev–Trinajstić information content (AvgIpc) is 2.37. The fraction of sp³-hybridized carbons (Fsp3) is 0.769. The highest BCUT2D eigenvalue weighted by Gasteiger charge is 2.28. The summed E-state index contributed by atoms with van der Waals surface area (Å²) in [5.41, 5.74) is 0. The third-order valence-electron chi connectivity index (χ3n) is 3.50. The maximum absolute atomic E-state index is 12.0. The number of carbonyl (C=O) groups excluding carboxylic acids is 1. The molecule has 0 spiro atoms. The van der Waals surface area contributed by atoms with Gasteiger partial charge >= 0.3 is 18.0 Å². The summed E-state index contributed by atoms with van der Waals surface area (Å²) < 4.78 is 0. The van der Waals surface area contributed by atoms with Crippen molar-refractivity contribution >= 4 is 18.0 Å².